The van der Waals surface area contributed by atoms with Gasteiger partial charge in [-0.15, -0.1) is 0 Å². The Morgan fingerprint density at radius 2 is 1.83 bits per heavy atom. The molecule has 0 radical (unpaired) electrons. The summed E-state index contributed by atoms with van der Waals surface area (Å²) in [4.78, 5) is 22.8. The van der Waals surface area contributed by atoms with E-state index in [2.05, 4.69) is 26.6 Å². The third-order valence-electron chi connectivity index (χ3n) is 3.30. The van der Waals surface area contributed by atoms with Gasteiger partial charge in [-0.25, -0.2) is 9.18 Å². The highest BCUT2D eigenvalue weighted by Crippen LogP contribution is 2.26. The summed E-state index contributed by atoms with van der Waals surface area (Å²) >= 11 is 3.36. The van der Waals surface area contributed by atoms with E-state index in [4.69, 9.17) is 4.74 Å². The molecule has 5 nitrogen and oxygen atoms in total. The van der Waals surface area contributed by atoms with Gasteiger partial charge in [-0.3, -0.25) is 10.1 Å². The first-order valence-corrected chi connectivity index (χ1v) is 7.81. The van der Waals surface area contributed by atoms with Crippen molar-refractivity contribution >= 4 is 33.9 Å². The number of carbonyl (C=O) groups is 2. The summed E-state index contributed by atoms with van der Waals surface area (Å²) in [6, 6.07) is 10.8. The molecule has 0 aliphatic carbocycles. The molecule has 0 unspecified atom stereocenters. The smallest absolute Gasteiger partial charge is 0.326 e. The first-order valence-electron chi connectivity index (χ1n) is 7.02. The van der Waals surface area contributed by atoms with Crippen molar-refractivity contribution in [2.24, 2.45) is 0 Å². The molecule has 122 valence electrons. The molecule has 7 heteroatoms. The van der Waals surface area contributed by atoms with Gasteiger partial charge in [0.1, 0.15) is 23.9 Å². The number of benzene rings is 2. The molecule has 0 bridgehead atoms. The van der Waals surface area contributed by atoms with Crippen molar-refractivity contribution in [3.63, 3.8) is 0 Å². The minimum Gasteiger partial charge on any atom is -0.488 e. The van der Waals surface area contributed by atoms with Crippen molar-refractivity contribution in [1.82, 2.24) is 10.6 Å². The highest BCUT2D eigenvalue weighted by atomic mass is 79.9. The predicted octanol–water partition coefficient (Wildman–Crippen LogP) is 3.35. The van der Waals surface area contributed by atoms with Crippen LogP contribution in [0.5, 0.6) is 5.75 Å². The number of imide groups is 1. The highest BCUT2D eigenvalue weighted by molar-refractivity contribution is 9.10. The van der Waals surface area contributed by atoms with Crippen molar-refractivity contribution in [2.75, 3.05) is 0 Å². The maximum Gasteiger partial charge on any atom is 0.326 e. The number of urea groups is 1. The molecular weight excluding hydrogens is 379 g/mol. The number of halogens is 2. The summed E-state index contributed by atoms with van der Waals surface area (Å²) in [6.07, 6.45) is 1.53. The lowest BCUT2D eigenvalue weighted by Crippen LogP contribution is -2.22. The second-order valence-electron chi connectivity index (χ2n) is 5.06. The number of nitrogens with one attached hydrogen (secondary N) is 2. The van der Waals surface area contributed by atoms with Crippen LogP contribution in [0.3, 0.4) is 0 Å². The van der Waals surface area contributed by atoms with Crippen LogP contribution in [0, 0.1) is 5.82 Å². The van der Waals surface area contributed by atoms with Crippen LogP contribution in [0.25, 0.3) is 6.08 Å². The standard InChI is InChI=1S/C17H12BrFN2O3/c18-12-3-6-15(24-9-10-1-4-13(19)5-2-10)11(7-12)8-14-16(22)21-17(23)20-14/h1-8H,9H2,(H2,20,21,22,23). The molecule has 1 aliphatic heterocycles. The number of rotatable bonds is 4. The van der Waals surface area contributed by atoms with Gasteiger partial charge >= 0.3 is 6.03 Å². The van der Waals surface area contributed by atoms with Crippen LogP contribution in [0.1, 0.15) is 11.1 Å². The molecule has 3 rings (SSSR count). The van der Waals surface area contributed by atoms with Gasteiger partial charge in [0.2, 0.25) is 0 Å². The maximum absolute atomic E-state index is 12.9. The monoisotopic (exact) mass is 390 g/mol. The Kier molecular flexibility index (Phi) is 4.61. The highest BCUT2D eigenvalue weighted by Gasteiger charge is 2.23. The van der Waals surface area contributed by atoms with Gasteiger partial charge in [-0.2, -0.15) is 0 Å². The van der Waals surface area contributed by atoms with E-state index in [1.54, 1.807) is 30.3 Å². The van der Waals surface area contributed by atoms with E-state index in [0.717, 1.165) is 10.0 Å². The molecular formula is C17H12BrFN2O3. The quantitative estimate of drug-likeness (QED) is 0.621. The number of amides is 3. The number of hydrogen-bond acceptors (Lipinski definition) is 3. The topological polar surface area (TPSA) is 67.4 Å². The van der Waals surface area contributed by atoms with Crippen molar-refractivity contribution in [3.8, 4) is 5.75 Å². The van der Waals surface area contributed by atoms with Crippen molar-refractivity contribution < 1.29 is 18.7 Å². The second kappa shape index (κ2) is 6.84. The second-order valence-corrected chi connectivity index (χ2v) is 5.98. The zero-order valence-corrected chi connectivity index (χ0v) is 13.9. The molecule has 0 spiro atoms. The lowest BCUT2D eigenvalue weighted by atomic mass is 10.1. The molecule has 0 saturated carbocycles. The van der Waals surface area contributed by atoms with Crippen LogP contribution in [0.2, 0.25) is 0 Å². The van der Waals surface area contributed by atoms with E-state index in [9.17, 15) is 14.0 Å². The van der Waals surface area contributed by atoms with Crippen LogP contribution in [-0.4, -0.2) is 11.9 Å². The zero-order chi connectivity index (χ0) is 17.1. The summed E-state index contributed by atoms with van der Waals surface area (Å²) in [6.45, 7) is 0.247. The Balaban J connectivity index is 1.83. The molecule has 1 saturated heterocycles. The lowest BCUT2D eigenvalue weighted by Gasteiger charge is -2.10. The first kappa shape index (κ1) is 16.2. The molecule has 1 heterocycles. The minimum atomic E-state index is -0.560. The third kappa shape index (κ3) is 3.80. The Morgan fingerprint density at radius 3 is 2.50 bits per heavy atom. The maximum atomic E-state index is 12.9. The average molecular weight is 391 g/mol. The van der Waals surface area contributed by atoms with E-state index < -0.39 is 11.9 Å². The Bertz CT molecular complexity index is 834. The number of carbonyl (C=O) groups excluding carboxylic acids is 2. The fraction of sp³-hybridized carbons (Fsp3) is 0.0588. The predicted molar refractivity (Wildman–Crippen MR) is 89.5 cm³/mol. The first-order chi connectivity index (χ1) is 11.5. The van der Waals surface area contributed by atoms with Crippen molar-refractivity contribution in [2.45, 2.75) is 6.61 Å². The molecule has 0 atom stereocenters. The third-order valence-corrected chi connectivity index (χ3v) is 3.79. The van der Waals surface area contributed by atoms with Gasteiger partial charge in [-0.05, 0) is 42.0 Å². The van der Waals surface area contributed by atoms with Crippen LogP contribution in [-0.2, 0) is 11.4 Å². The van der Waals surface area contributed by atoms with Gasteiger partial charge < -0.3 is 10.1 Å². The van der Waals surface area contributed by atoms with Gasteiger partial charge in [0, 0.05) is 10.0 Å². The van der Waals surface area contributed by atoms with E-state index >= 15 is 0 Å². The van der Waals surface area contributed by atoms with E-state index in [1.165, 1.54) is 18.2 Å². The Morgan fingerprint density at radius 1 is 1.08 bits per heavy atom. The molecule has 1 aliphatic rings. The van der Waals surface area contributed by atoms with Crippen molar-refractivity contribution in [3.05, 3.63) is 69.6 Å². The normalized spacial score (nSPS) is 15.3. The van der Waals surface area contributed by atoms with Crippen LogP contribution >= 0.6 is 15.9 Å². The zero-order valence-electron chi connectivity index (χ0n) is 12.3. The fourth-order valence-corrected chi connectivity index (χ4v) is 2.52. The average Bonchev–Trinajstić information content (AvgIpc) is 2.86. The summed E-state index contributed by atoms with van der Waals surface area (Å²) in [5, 5.41) is 4.57. The minimum absolute atomic E-state index is 0.143. The van der Waals surface area contributed by atoms with E-state index in [-0.39, 0.29) is 18.1 Å². The number of ether oxygens (including phenoxy) is 1. The fourth-order valence-electron chi connectivity index (χ4n) is 2.14. The molecule has 2 aromatic carbocycles. The van der Waals surface area contributed by atoms with Crippen LogP contribution in [0.15, 0.2) is 52.6 Å². The summed E-state index contributed by atoms with van der Waals surface area (Å²) in [5.74, 6) is -0.274. The molecule has 0 aromatic heterocycles. The Labute approximate surface area is 145 Å². The molecule has 3 amide bonds. The van der Waals surface area contributed by atoms with Gasteiger partial charge in [0.15, 0.2) is 0 Å². The summed E-state index contributed by atoms with van der Waals surface area (Å²) in [7, 11) is 0. The summed E-state index contributed by atoms with van der Waals surface area (Å²) < 4.78 is 19.5. The lowest BCUT2D eigenvalue weighted by molar-refractivity contribution is -0.115. The molecule has 2 N–H and O–H groups in total. The van der Waals surface area contributed by atoms with Crippen molar-refractivity contribution in [1.29, 1.82) is 0 Å². The Hall–Kier alpha value is -2.67. The van der Waals surface area contributed by atoms with E-state index in [0.29, 0.717) is 11.3 Å². The number of hydrogen-bond donors (Lipinski definition) is 2. The van der Waals surface area contributed by atoms with E-state index in [1.807, 2.05) is 0 Å². The molecule has 2 aromatic rings. The van der Waals surface area contributed by atoms with Gasteiger partial charge in [0.25, 0.3) is 5.91 Å². The molecule has 1 fully saturated rings. The van der Waals surface area contributed by atoms with Gasteiger partial charge in [-0.1, -0.05) is 28.1 Å². The summed E-state index contributed by atoms with van der Waals surface area (Å²) in [5.41, 5.74) is 1.58. The molecule has 24 heavy (non-hydrogen) atoms. The van der Waals surface area contributed by atoms with Crippen LogP contribution < -0.4 is 15.4 Å². The largest absolute Gasteiger partial charge is 0.488 e. The SMILES string of the molecule is O=C1NC(=O)C(=Cc2cc(Br)ccc2OCc2ccc(F)cc2)N1. The van der Waals surface area contributed by atoms with Gasteiger partial charge in [0.05, 0.1) is 0 Å². The van der Waals surface area contributed by atoms with Crippen LogP contribution in [0.4, 0.5) is 9.18 Å².